The van der Waals surface area contributed by atoms with E-state index < -0.39 is 22.5 Å². The molecule has 1 unspecified atom stereocenters. The average Bonchev–Trinajstić information content (AvgIpc) is 2.77. The van der Waals surface area contributed by atoms with Crippen LogP contribution in [0.2, 0.25) is 0 Å². The molecule has 1 aliphatic heterocycles. The molecule has 1 amide bonds. The van der Waals surface area contributed by atoms with Crippen LogP contribution in [0.25, 0.3) is 0 Å². The van der Waals surface area contributed by atoms with E-state index in [9.17, 15) is 22.0 Å². The Morgan fingerprint density at radius 3 is 2.36 bits per heavy atom. The van der Waals surface area contributed by atoms with Crippen LogP contribution in [0.5, 0.6) is 11.5 Å². The van der Waals surface area contributed by atoms with Gasteiger partial charge in [0.05, 0.1) is 18.1 Å². The molecule has 0 saturated carbocycles. The number of hydrogen-bond donors (Lipinski definition) is 0. The SMILES string of the molecule is CCOc1cc(CN(C)C(=O)C(c2ccccc2)N2CCS(=O)(=O)CC2)ccc1OC(F)F. The molecule has 3 rings (SSSR count). The van der Waals surface area contributed by atoms with Crippen molar-refractivity contribution < 1.29 is 31.5 Å². The van der Waals surface area contributed by atoms with Crippen LogP contribution in [-0.2, 0) is 21.2 Å². The number of hydrogen-bond acceptors (Lipinski definition) is 6. The summed E-state index contributed by atoms with van der Waals surface area (Å²) in [5.74, 6) is -0.0579. The summed E-state index contributed by atoms with van der Waals surface area (Å²) in [4.78, 5) is 16.9. The number of nitrogens with zero attached hydrogens (tertiary/aromatic N) is 2. The first-order chi connectivity index (χ1) is 15.7. The number of sulfone groups is 1. The van der Waals surface area contributed by atoms with E-state index in [0.717, 1.165) is 5.56 Å². The molecule has 1 heterocycles. The molecule has 180 valence electrons. The maximum Gasteiger partial charge on any atom is 0.387 e. The third-order valence-electron chi connectivity index (χ3n) is 5.41. The standard InChI is InChI=1S/C23H28F2N2O5S/c1-3-31-20-15-17(9-10-19(20)32-23(24)25)16-26(2)22(28)21(18-7-5-4-6-8-18)27-11-13-33(29,30)14-12-27/h4-10,15,21,23H,3,11-14,16H2,1-2H3. The number of benzene rings is 2. The molecular weight excluding hydrogens is 454 g/mol. The number of rotatable bonds is 9. The van der Waals surface area contributed by atoms with Gasteiger partial charge in [0.15, 0.2) is 21.3 Å². The lowest BCUT2D eigenvalue weighted by Crippen LogP contribution is -2.47. The first kappa shape index (κ1) is 24.9. The van der Waals surface area contributed by atoms with Gasteiger partial charge in [0.1, 0.15) is 6.04 Å². The lowest BCUT2D eigenvalue weighted by molar-refractivity contribution is -0.136. The van der Waals surface area contributed by atoms with E-state index in [2.05, 4.69) is 4.74 Å². The largest absolute Gasteiger partial charge is 0.490 e. The van der Waals surface area contributed by atoms with Crippen LogP contribution in [0.3, 0.4) is 0 Å². The molecule has 0 spiro atoms. The van der Waals surface area contributed by atoms with E-state index in [1.807, 2.05) is 35.2 Å². The van der Waals surface area contributed by atoms with Crippen LogP contribution in [0.1, 0.15) is 24.1 Å². The molecule has 2 aromatic rings. The van der Waals surface area contributed by atoms with Crippen molar-refractivity contribution in [1.29, 1.82) is 0 Å². The van der Waals surface area contributed by atoms with Crippen molar-refractivity contribution in [2.75, 3.05) is 38.2 Å². The molecule has 0 aliphatic carbocycles. The fourth-order valence-electron chi connectivity index (χ4n) is 3.80. The number of carbonyl (C=O) groups excluding carboxylic acids is 1. The van der Waals surface area contributed by atoms with E-state index >= 15 is 0 Å². The molecule has 7 nitrogen and oxygen atoms in total. The van der Waals surface area contributed by atoms with Gasteiger partial charge in [-0.05, 0) is 30.2 Å². The molecule has 10 heteroatoms. The second-order valence-electron chi connectivity index (χ2n) is 7.79. The van der Waals surface area contributed by atoms with Crippen LogP contribution in [0, 0.1) is 0 Å². The van der Waals surface area contributed by atoms with Crippen molar-refractivity contribution in [1.82, 2.24) is 9.80 Å². The minimum Gasteiger partial charge on any atom is -0.490 e. The van der Waals surface area contributed by atoms with Gasteiger partial charge in [-0.15, -0.1) is 0 Å². The summed E-state index contributed by atoms with van der Waals surface area (Å²) in [7, 11) is -1.44. The quantitative estimate of drug-likeness (QED) is 0.547. The number of amides is 1. The molecule has 1 fully saturated rings. The van der Waals surface area contributed by atoms with Crippen LogP contribution in [0.4, 0.5) is 8.78 Å². The maximum absolute atomic E-state index is 13.5. The molecule has 1 atom stereocenters. The van der Waals surface area contributed by atoms with E-state index in [1.165, 1.54) is 6.07 Å². The number of alkyl halides is 2. The van der Waals surface area contributed by atoms with Gasteiger partial charge in [0, 0.05) is 26.7 Å². The van der Waals surface area contributed by atoms with E-state index in [1.54, 1.807) is 31.0 Å². The van der Waals surface area contributed by atoms with Gasteiger partial charge < -0.3 is 14.4 Å². The fourth-order valence-corrected chi connectivity index (χ4v) is 5.03. The number of carbonyl (C=O) groups is 1. The van der Waals surface area contributed by atoms with Crippen molar-refractivity contribution in [3.05, 3.63) is 59.7 Å². The monoisotopic (exact) mass is 482 g/mol. The Labute approximate surface area is 192 Å². The number of likely N-dealkylation sites (N-methyl/N-ethyl adjacent to an activating group) is 1. The Morgan fingerprint density at radius 2 is 1.76 bits per heavy atom. The van der Waals surface area contributed by atoms with Gasteiger partial charge in [-0.2, -0.15) is 8.78 Å². The number of ether oxygens (including phenoxy) is 2. The molecule has 1 saturated heterocycles. The molecule has 1 aliphatic rings. The minimum atomic E-state index is -3.09. The zero-order valence-corrected chi connectivity index (χ0v) is 19.4. The van der Waals surface area contributed by atoms with Crippen LogP contribution in [-0.4, -0.2) is 69.0 Å². The van der Waals surface area contributed by atoms with Crippen molar-refractivity contribution in [2.45, 2.75) is 26.1 Å². The normalized spacial score (nSPS) is 16.9. The van der Waals surface area contributed by atoms with Crippen molar-refractivity contribution in [2.24, 2.45) is 0 Å². The summed E-state index contributed by atoms with van der Waals surface area (Å²) in [6.45, 7) is -0.211. The van der Waals surface area contributed by atoms with Gasteiger partial charge in [0.25, 0.3) is 0 Å². The summed E-state index contributed by atoms with van der Waals surface area (Å²) < 4.78 is 59.0. The third-order valence-corrected chi connectivity index (χ3v) is 7.02. The number of halogens is 2. The highest BCUT2D eigenvalue weighted by atomic mass is 32.2. The molecule has 0 aromatic heterocycles. The van der Waals surface area contributed by atoms with E-state index in [4.69, 9.17) is 4.74 Å². The average molecular weight is 483 g/mol. The highest BCUT2D eigenvalue weighted by Gasteiger charge is 2.34. The molecule has 33 heavy (non-hydrogen) atoms. The topological polar surface area (TPSA) is 76.2 Å². The van der Waals surface area contributed by atoms with Crippen molar-refractivity contribution in [3.8, 4) is 11.5 Å². The van der Waals surface area contributed by atoms with Crippen LogP contribution in [0.15, 0.2) is 48.5 Å². The van der Waals surface area contributed by atoms with Crippen LogP contribution >= 0.6 is 0 Å². The van der Waals surface area contributed by atoms with Gasteiger partial charge in [-0.25, -0.2) is 8.42 Å². The zero-order valence-electron chi connectivity index (χ0n) is 18.6. The Bertz CT molecular complexity index is 1040. The lowest BCUT2D eigenvalue weighted by Gasteiger charge is -2.36. The van der Waals surface area contributed by atoms with Crippen molar-refractivity contribution in [3.63, 3.8) is 0 Å². The van der Waals surface area contributed by atoms with E-state index in [-0.39, 0.29) is 55.2 Å². The third kappa shape index (κ3) is 6.64. The maximum atomic E-state index is 13.5. The first-order valence-corrected chi connectivity index (χ1v) is 12.5. The van der Waals surface area contributed by atoms with Gasteiger partial charge >= 0.3 is 6.61 Å². The van der Waals surface area contributed by atoms with Crippen LogP contribution < -0.4 is 9.47 Å². The Balaban J connectivity index is 1.81. The lowest BCUT2D eigenvalue weighted by atomic mass is 10.0. The smallest absolute Gasteiger partial charge is 0.387 e. The summed E-state index contributed by atoms with van der Waals surface area (Å²) in [6.07, 6.45) is 0. The summed E-state index contributed by atoms with van der Waals surface area (Å²) in [5.41, 5.74) is 1.47. The van der Waals surface area contributed by atoms with E-state index in [0.29, 0.717) is 5.56 Å². The summed E-state index contributed by atoms with van der Waals surface area (Å²) in [6, 6.07) is 13.2. The Hall–Kier alpha value is -2.72. The van der Waals surface area contributed by atoms with Crippen molar-refractivity contribution >= 4 is 15.7 Å². The Kier molecular flexibility index (Phi) is 8.25. The highest BCUT2D eigenvalue weighted by Crippen LogP contribution is 2.31. The summed E-state index contributed by atoms with van der Waals surface area (Å²) >= 11 is 0. The predicted molar refractivity (Wildman–Crippen MR) is 120 cm³/mol. The highest BCUT2D eigenvalue weighted by molar-refractivity contribution is 7.91. The second kappa shape index (κ2) is 10.9. The zero-order chi connectivity index (χ0) is 24.0. The predicted octanol–water partition coefficient (Wildman–Crippen LogP) is 3.12. The molecule has 0 N–H and O–H groups in total. The minimum absolute atomic E-state index is 0.0106. The summed E-state index contributed by atoms with van der Waals surface area (Å²) in [5, 5.41) is 0. The molecule has 0 radical (unpaired) electrons. The Morgan fingerprint density at radius 1 is 1.09 bits per heavy atom. The van der Waals surface area contributed by atoms with Gasteiger partial charge in [-0.3, -0.25) is 9.69 Å². The molecular formula is C23H28F2N2O5S. The van der Waals surface area contributed by atoms with Gasteiger partial charge in [0.2, 0.25) is 5.91 Å². The second-order valence-corrected chi connectivity index (χ2v) is 10.1. The molecule has 0 bridgehead atoms. The van der Waals surface area contributed by atoms with Gasteiger partial charge in [-0.1, -0.05) is 36.4 Å². The fraction of sp³-hybridized carbons (Fsp3) is 0.435. The first-order valence-electron chi connectivity index (χ1n) is 10.6. The molecule has 2 aromatic carbocycles.